The number of aromatic nitrogens is 2. The van der Waals surface area contributed by atoms with E-state index in [4.69, 9.17) is 27.3 Å². The number of methoxy groups -OCH3 is 1. The molecule has 0 aliphatic heterocycles. The normalized spacial score (nSPS) is 9.74. The molecule has 6 nitrogen and oxygen atoms in total. The van der Waals surface area contributed by atoms with E-state index in [0.29, 0.717) is 27.8 Å². The van der Waals surface area contributed by atoms with Crippen LogP contribution in [0.3, 0.4) is 0 Å². The molecular formula is C12H10ClN5O. The number of hydrogen-bond donors (Lipinski definition) is 2. The molecule has 1 aromatic carbocycles. The van der Waals surface area contributed by atoms with Gasteiger partial charge >= 0.3 is 0 Å². The van der Waals surface area contributed by atoms with E-state index < -0.39 is 0 Å². The summed E-state index contributed by atoms with van der Waals surface area (Å²) in [5.74, 6) is 0.905. The maximum absolute atomic E-state index is 9.10. The molecule has 0 spiro atoms. The number of nitrogen functional groups attached to an aromatic ring is 1. The number of nitriles is 1. The number of para-hydroxylation sites is 1. The predicted molar refractivity (Wildman–Crippen MR) is 72.4 cm³/mol. The number of nitrogens with zero attached hydrogens (tertiary/aromatic N) is 3. The summed E-state index contributed by atoms with van der Waals surface area (Å²) in [6.07, 6.45) is 1.38. The molecule has 0 aliphatic rings. The molecule has 0 radical (unpaired) electrons. The van der Waals surface area contributed by atoms with Crippen LogP contribution in [-0.2, 0) is 0 Å². The Morgan fingerprint density at radius 2 is 2.26 bits per heavy atom. The lowest BCUT2D eigenvalue weighted by atomic mass is 10.2. The maximum atomic E-state index is 9.10. The second kappa shape index (κ2) is 5.42. The Balaban J connectivity index is 2.48. The van der Waals surface area contributed by atoms with Gasteiger partial charge < -0.3 is 15.8 Å². The summed E-state index contributed by atoms with van der Waals surface area (Å²) >= 11 is 5.97. The van der Waals surface area contributed by atoms with Crippen LogP contribution in [0.1, 0.15) is 5.56 Å². The molecule has 1 aromatic heterocycles. The standard InChI is InChI=1S/C12H10ClN5O/c1-19-9-4-2-3-7(5-14)10(9)17-11-8(13)6-16-12(15)18-11/h2-4,6H,1H3,(H3,15,16,17,18). The second-order valence-electron chi connectivity index (χ2n) is 3.54. The van der Waals surface area contributed by atoms with Gasteiger partial charge in [-0.05, 0) is 12.1 Å². The maximum Gasteiger partial charge on any atom is 0.222 e. The van der Waals surface area contributed by atoms with Gasteiger partial charge in [0.1, 0.15) is 22.5 Å². The minimum absolute atomic E-state index is 0.0836. The number of ether oxygens (including phenoxy) is 1. The van der Waals surface area contributed by atoms with Crippen LogP contribution in [0, 0.1) is 11.3 Å². The fraction of sp³-hybridized carbons (Fsp3) is 0.0833. The van der Waals surface area contributed by atoms with Crippen LogP contribution < -0.4 is 15.8 Å². The third-order valence-electron chi connectivity index (χ3n) is 2.37. The number of nitrogens with two attached hydrogens (primary N) is 1. The lowest BCUT2D eigenvalue weighted by Crippen LogP contribution is -2.03. The van der Waals surface area contributed by atoms with E-state index in [1.165, 1.54) is 13.3 Å². The Hall–Kier alpha value is -2.52. The van der Waals surface area contributed by atoms with Crippen molar-refractivity contribution in [2.24, 2.45) is 0 Å². The summed E-state index contributed by atoms with van der Waals surface area (Å²) in [5, 5.41) is 12.3. The molecule has 0 fully saturated rings. The lowest BCUT2D eigenvalue weighted by molar-refractivity contribution is 0.416. The monoisotopic (exact) mass is 275 g/mol. The summed E-state index contributed by atoms with van der Waals surface area (Å²) in [6.45, 7) is 0. The quantitative estimate of drug-likeness (QED) is 0.892. The molecular weight excluding hydrogens is 266 g/mol. The zero-order valence-electron chi connectivity index (χ0n) is 10.0. The summed E-state index contributed by atoms with van der Waals surface area (Å²) in [4.78, 5) is 7.74. The average Bonchev–Trinajstić information content (AvgIpc) is 2.43. The molecule has 0 saturated heterocycles. The van der Waals surface area contributed by atoms with Crippen molar-refractivity contribution in [1.82, 2.24) is 9.97 Å². The topological polar surface area (TPSA) is 96.8 Å². The SMILES string of the molecule is COc1cccc(C#N)c1Nc1nc(N)ncc1Cl. The highest BCUT2D eigenvalue weighted by Crippen LogP contribution is 2.32. The van der Waals surface area contributed by atoms with Crippen molar-refractivity contribution < 1.29 is 4.74 Å². The molecule has 0 amide bonds. The van der Waals surface area contributed by atoms with Crippen LogP contribution in [0.25, 0.3) is 0 Å². The van der Waals surface area contributed by atoms with E-state index in [9.17, 15) is 0 Å². The molecule has 0 aliphatic carbocycles. The number of halogens is 1. The molecule has 2 rings (SSSR count). The molecule has 2 aromatic rings. The molecule has 0 bridgehead atoms. The van der Waals surface area contributed by atoms with Gasteiger partial charge in [0.2, 0.25) is 5.95 Å². The van der Waals surface area contributed by atoms with Crippen LogP contribution in [0.2, 0.25) is 5.02 Å². The van der Waals surface area contributed by atoms with E-state index in [1.807, 2.05) is 0 Å². The fourth-order valence-electron chi connectivity index (χ4n) is 1.51. The minimum atomic E-state index is 0.0836. The zero-order chi connectivity index (χ0) is 13.8. The van der Waals surface area contributed by atoms with Crippen molar-refractivity contribution in [3.63, 3.8) is 0 Å². The first-order valence-electron chi connectivity index (χ1n) is 5.28. The van der Waals surface area contributed by atoms with E-state index in [0.717, 1.165) is 0 Å². The van der Waals surface area contributed by atoms with Crippen LogP contribution in [0.5, 0.6) is 5.75 Å². The Labute approximate surface area is 114 Å². The Kier molecular flexibility index (Phi) is 3.68. The van der Waals surface area contributed by atoms with Crippen LogP contribution >= 0.6 is 11.6 Å². The van der Waals surface area contributed by atoms with Crippen molar-refractivity contribution >= 4 is 29.1 Å². The Morgan fingerprint density at radius 1 is 1.47 bits per heavy atom. The number of benzene rings is 1. The fourth-order valence-corrected chi connectivity index (χ4v) is 1.65. The van der Waals surface area contributed by atoms with Crippen molar-refractivity contribution in [1.29, 1.82) is 5.26 Å². The van der Waals surface area contributed by atoms with Crippen molar-refractivity contribution in [2.75, 3.05) is 18.2 Å². The van der Waals surface area contributed by atoms with Gasteiger partial charge in [-0.2, -0.15) is 10.2 Å². The number of hydrogen-bond acceptors (Lipinski definition) is 6. The highest BCUT2D eigenvalue weighted by Gasteiger charge is 2.12. The van der Waals surface area contributed by atoms with Gasteiger partial charge in [0.05, 0.1) is 18.9 Å². The Bertz CT molecular complexity index is 653. The molecule has 7 heteroatoms. The molecule has 0 saturated carbocycles. The molecule has 3 N–H and O–H groups in total. The first-order valence-corrected chi connectivity index (χ1v) is 5.65. The van der Waals surface area contributed by atoms with Crippen molar-refractivity contribution in [2.45, 2.75) is 0 Å². The van der Waals surface area contributed by atoms with Gasteiger partial charge in [-0.1, -0.05) is 17.7 Å². The van der Waals surface area contributed by atoms with Gasteiger partial charge in [-0.3, -0.25) is 0 Å². The molecule has 1 heterocycles. The first kappa shape index (κ1) is 12.9. The summed E-state index contributed by atoms with van der Waals surface area (Å²) in [5.41, 5.74) is 6.39. The van der Waals surface area contributed by atoms with Crippen molar-refractivity contribution in [3.8, 4) is 11.8 Å². The smallest absolute Gasteiger partial charge is 0.222 e. The summed E-state index contributed by atoms with van der Waals surface area (Å²) < 4.78 is 5.20. The summed E-state index contributed by atoms with van der Waals surface area (Å²) in [7, 11) is 1.51. The highest BCUT2D eigenvalue weighted by atomic mass is 35.5. The van der Waals surface area contributed by atoms with Gasteiger partial charge in [-0.15, -0.1) is 0 Å². The van der Waals surface area contributed by atoms with E-state index in [-0.39, 0.29) is 5.95 Å². The molecule has 0 unspecified atom stereocenters. The van der Waals surface area contributed by atoms with Crippen LogP contribution in [0.15, 0.2) is 24.4 Å². The van der Waals surface area contributed by atoms with Gasteiger partial charge in [0.25, 0.3) is 0 Å². The second-order valence-corrected chi connectivity index (χ2v) is 3.95. The lowest BCUT2D eigenvalue weighted by Gasteiger charge is -2.12. The van der Waals surface area contributed by atoms with Crippen LogP contribution in [0.4, 0.5) is 17.5 Å². The Morgan fingerprint density at radius 3 is 2.95 bits per heavy atom. The van der Waals surface area contributed by atoms with Gasteiger partial charge in [0, 0.05) is 0 Å². The van der Waals surface area contributed by atoms with Gasteiger partial charge in [-0.25, -0.2) is 4.98 Å². The third-order valence-corrected chi connectivity index (χ3v) is 2.65. The highest BCUT2D eigenvalue weighted by molar-refractivity contribution is 6.32. The average molecular weight is 276 g/mol. The van der Waals surface area contributed by atoms with E-state index in [2.05, 4.69) is 21.4 Å². The number of anilines is 3. The predicted octanol–water partition coefficient (Wildman–Crippen LogP) is 2.34. The van der Waals surface area contributed by atoms with Gasteiger partial charge in [0.15, 0.2) is 5.82 Å². The first-order chi connectivity index (χ1) is 9.15. The van der Waals surface area contributed by atoms with E-state index in [1.54, 1.807) is 18.2 Å². The van der Waals surface area contributed by atoms with Crippen molar-refractivity contribution in [3.05, 3.63) is 35.0 Å². The zero-order valence-corrected chi connectivity index (χ0v) is 10.8. The number of rotatable bonds is 3. The summed E-state index contributed by atoms with van der Waals surface area (Å²) in [6, 6.07) is 7.17. The molecule has 96 valence electrons. The van der Waals surface area contributed by atoms with Crippen LogP contribution in [-0.4, -0.2) is 17.1 Å². The third kappa shape index (κ3) is 2.67. The minimum Gasteiger partial charge on any atom is -0.495 e. The van der Waals surface area contributed by atoms with E-state index >= 15 is 0 Å². The number of nitrogens with one attached hydrogen (secondary N) is 1. The molecule has 19 heavy (non-hydrogen) atoms. The largest absolute Gasteiger partial charge is 0.495 e. The molecule has 0 atom stereocenters.